The Hall–Kier alpha value is -1.47. The van der Waals surface area contributed by atoms with Gasteiger partial charge >= 0.3 is 0 Å². The quantitative estimate of drug-likeness (QED) is 0.649. The predicted octanol–water partition coefficient (Wildman–Crippen LogP) is 1.26. The first kappa shape index (κ1) is 14.0. The molecule has 1 aliphatic rings. The van der Waals surface area contributed by atoms with Crippen LogP contribution in [0.5, 0.6) is 0 Å². The van der Waals surface area contributed by atoms with E-state index in [0.29, 0.717) is 31.5 Å². The first-order chi connectivity index (χ1) is 9.00. The molecule has 19 heavy (non-hydrogen) atoms. The smallest absolute Gasteiger partial charge is 0.273 e. The number of sulfone groups is 1. The third kappa shape index (κ3) is 3.30. The van der Waals surface area contributed by atoms with Crippen molar-refractivity contribution in [2.75, 3.05) is 12.3 Å². The molecule has 0 saturated carbocycles. The minimum Gasteiger partial charge on any atom is -0.311 e. The molecule has 2 rings (SSSR count). The summed E-state index contributed by atoms with van der Waals surface area (Å²) in [6.45, 7) is 0.664. The van der Waals surface area contributed by atoms with E-state index in [1.165, 1.54) is 6.07 Å². The lowest BCUT2D eigenvalue weighted by molar-refractivity contribution is -0.385. The first-order valence-electron chi connectivity index (χ1n) is 6.15. The van der Waals surface area contributed by atoms with Gasteiger partial charge in [0.15, 0.2) is 9.84 Å². The van der Waals surface area contributed by atoms with Crippen molar-refractivity contribution in [1.82, 2.24) is 5.32 Å². The van der Waals surface area contributed by atoms with Crippen LogP contribution < -0.4 is 5.32 Å². The van der Waals surface area contributed by atoms with E-state index < -0.39 is 14.8 Å². The molecule has 1 aromatic carbocycles. The molecule has 0 radical (unpaired) electrons. The average Bonchev–Trinajstić information content (AvgIpc) is 2.69. The average molecular weight is 284 g/mol. The van der Waals surface area contributed by atoms with Crippen LogP contribution in [0.25, 0.3) is 0 Å². The number of hydrogen-bond donors (Lipinski definition) is 1. The molecule has 6 nitrogen and oxygen atoms in total. The summed E-state index contributed by atoms with van der Waals surface area (Å²) >= 11 is 0. The van der Waals surface area contributed by atoms with Crippen LogP contribution >= 0.6 is 0 Å². The Bertz CT molecular complexity index is 571. The van der Waals surface area contributed by atoms with Crippen molar-refractivity contribution >= 4 is 15.5 Å². The predicted molar refractivity (Wildman–Crippen MR) is 71.6 cm³/mol. The molecule has 1 saturated heterocycles. The van der Waals surface area contributed by atoms with Crippen LogP contribution in [0, 0.1) is 10.1 Å². The number of nitrogens with zero attached hydrogens (tertiary/aromatic N) is 1. The topological polar surface area (TPSA) is 89.3 Å². The van der Waals surface area contributed by atoms with Gasteiger partial charge in [-0.3, -0.25) is 10.1 Å². The van der Waals surface area contributed by atoms with E-state index in [1.807, 2.05) is 0 Å². The van der Waals surface area contributed by atoms with Crippen LogP contribution in [0.2, 0.25) is 0 Å². The SMILES string of the molecule is O=[N+]([O-])c1ccccc1CNCC1CCCS1(=O)=O. The van der Waals surface area contributed by atoms with Gasteiger partial charge < -0.3 is 5.32 Å². The van der Waals surface area contributed by atoms with Crippen molar-refractivity contribution in [3.05, 3.63) is 39.9 Å². The van der Waals surface area contributed by atoms with Crippen LogP contribution in [0.4, 0.5) is 5.69 Å². The molecule has 1 aromatic rings. The molecule has 1 N–H and O–H groups in total. The Morgan fingerprint density at radius 2 is 2.11 bits per heavy atom. The van der Waals surface area contributed by atoms with Crippen LogP contribution in [0.1, 0.15) is 18.4 Å². The van der Waals surface area contributed by atoms with Crippen molar-refractivity contribution < 1.29 is 13.3 Å². The van der Waals surface area contributed by atoms with E-state index in [9.17, 15) is 18.5 Å². The van der Waals surface area contributed by atoms with Crippen molar-refractivity contribution in [1.29, 1.82) is 0 Å². The Morgan fingerprint density at radius 1 is 1.37 bits per heavy atom. The number of rotatable bonds is 5. The lowest BCUT2D eigenvalue weighted by atomic mass is 10.2. The number of nitro benzene ring substituents is 1. The zero-order valence-electron chi connectivity index (χ0n) is 10.4. The molecular weight excluding hydrogens is 268 g/mol. The first-order valence-corrected chi connectivity index (χ1v) is 7.87. The van der Waals surface area contributed by atoms with Gasteiger partial charge in [0.05, 0.1) is 15.9 Å². The van der Waals surface area contributed by atoms with E-state index >= 15 is 0 Å². The van der Waals surface area contributed by atoms with E-state index in [2.05, 4.69) is 5.32 Å². The maximum atomic E-state index is 11.6. The Labute approximate surface area is 111 Å². The summed E-state index contributed by atoms with van der Waals surface area (Å²) in [5.74, 6) is 0.255. The number of nitro groups is 1. The molecule has 1 atom stereocenters. The zero-order valence-corrected chi connectivity index (χ0v) is 11.2. The maximum absolute atomic E-state index is 11.6. The second kappa shape index (κ2) is 5.66. The Balaban J connectivity index is 1.95. The van der Waals surface area contributed by atoms with Crippen molar-refractivity contribution in [2.24, 2.45) is 0 Å². The summed E-state index contributed by atoms with van der Waals surface area (Å²) in [7, 11) is -2.96. The second-order valence-corrected chi connectivity index (χ2v) is 7.05. The lowest BCUT2D eigenvalue weighted by Crippen LogP contribution is -2.30. The van der Waals surface area contributed by atoms with Gasteiger partial charge in [0.1, 0.15) is 0 Å². The van der Waals surface area contributed by atoms with E-state index in [4.69, 9.17) is 0 Å². The van der Waals surface area contributed by atoms with Crippen molar-refractivity contribution in [3.63, 3.8) is 0 Å². The molecule has 7 heteroatoms. The fourth-order valence-corrected chi connectivity index (χ4v) is 4.09. The summed E-state index contributed by atoms with van der Waals surface area (Å²) in [5.41, 5.74) is 0.632. The standard InChI is InChI=1S/C12H16N2O4S/c15-14(16)12-6-2-1-4-10(12)8-13-9-11-5-3-7-19(11,17)18/h1-2,4,6,11,13H,3,5,7-9H2. The van der Waals surface area contributed by atoms with E-state index in [1.54, 1.807) is 18.2 Å². The second-order valence-electron chi connectivity index (χ2n) is 4.65. The molecule has 1 aliphatic heterocycles. The maximum Gasteiger partial charge on any atom is 0.273 e. The highest BCUT2D eigenvalue weighted by Crippen LogP contribution is 2.20. The Kier molecular flexibility index (Phi) is 4.16. The molecule has 0 amide bonds. The molecule has 0 bridgehead atoms. The third-order valence-electron chi connectivity index (χ3n) is 3.34. The molecule has 104 valence electrons. The summed E-state index contributed by atoms with van der Waals surface area (Å²) in [6.07, 6.45) is 1.38. The molecular formula is C12H16N2O4S. The highest BCUT2D eigenvalue weighted by molar-refractivity contribution is 7.92. The van der Waals surface area contributed by atoms with Gasteiger partial charge in [-0.15, -0.1) is 0 Å². The lowest BCUT2D eigenvalue weighted by Gasteiger charge is -2.10. The summed E-state index contributed by atoms with van der Waals surface area (Å²) < 4.78 is 23.3. The van der Waals surface area contributed by atoms with Crippen molar-refractivity contribution in [2.45, 2.75) is 24.6 Å². The molecule has 0 spiro atoms. The molecule has 0 aromatic heterocycles. The summed E-state index contributed by atoms with van der Waals surface area (Å²) in [4.78, 5) is 10.4. The van der Waals surface area contributed by atoms with Crippen LogP contribution in [-0.2, 0) is 16.4 Å². The molecule has 1 unspecified atom stereocenters. The van der Waals surface area contributed by atoms with Gasteiger partial charge in [-0.05, 0) is 12.8 Å². The summed E-state index contributed by atoms with van der Waals surface area (Å²) in [6, 6.07) is 6.47. The van der Waals surface area contributed by atoms with Crippen LogP contribution in [0.15, 0.2) is 24.3 Å². The molecule has 1 fully saturated rings. The van der Waals surface area contributed by atoms with Gasteiger partial charge in [-0.1, -0.05) is 18.2 Å². The monoisotopic (exact) mass is 284 g/mol. The third-order valence-corrected chi connectivity index (χ3v) is 5.61. The summed E-state index contributed by atoms with van der Waals surface area (Å²) in [5, 5.41) is 13.5. The van der Waals surface area contributed by atoms with Crippen molar-refractivity contribution in [3.8, 4) is 0 Å². The number of nitrogens with one attached hydrogen (secondary N) is 1. The van der Waals surface area contributed by atoms with E-state index in [-0.39, 0.29) is 16.7 Å². The fraction of sp³-hybridized carbons (Fsp3) is 0.500. The van der Waals surface area contributed by atoms with E-state index in [0.717, 1.165) is 0 Å². The number of hydrogen-bond acceptors (Lipinski definition) is 5. The minimum atomic E-state index is -2.96. The molecule has 0 aliphatic carbocycles. The van der Waals surface area contributed by atoms with Crippen LogP contribution in [-0.4, -0.2) is 30.9 Å². The highest BCUT2D eigenvalue weighted by Gasteiger charge is 2.30. The van der Waals surface area contributed by atoms with Gasteiger partial charge in [0, 0.05) is 24.7 Å². The van der Waals surface area contributed by atoms with Crippen LogP contribution in [0.3, 0.4) is 0 Å². The minimum absolute atomic E-state index is 0.0595. The highest BCUT2D eigenvalue weighted by atomic mass is 32.2. The normalized spacial score (nSPS) is 21.4. The zero-order chi connectivity index (χ0) is 13.9. The number of para-hydroxylation sites is 1. The van der Waals surface area contributed by atoms with Gasteiger partial charge in [0.2, 0.25) is 0 Å². The number of benzene rings is 1. The molecule has 1 heterocycles. The van der Waals surface area contributed by atoms with Gasteiger partial charge in [-0.2, -0.15) is 0 Å². The Morgan fingerprint density at radius 3 is 2.74 bits per heavy atom. The van der Waals surface area contributed by atoms with Gasteiger partial charge in [-0.25, -0.2) is 8.42 Å². The largest absolute Gasteiger partial charge is 0.311 e. The van der Waals surface area contributed by atoms with Gasteiger partial charge in [0.25, 0.3) is 5.69 Å². The fourth-order valence-electron chi connectivity index (χ4n) is 2.29.